The average Bonchev–Trinajstić information content (AvgIpc) is 3.26. The van der Waals surface area contributed by atoms with Crippen molar-refractivity contribution in [3.63, 3.8) is 0 Å². The zero-order chi connectivity index (χ0) is 16.7. The molecule has 0 spiro atoms. The highest BCUT2D eigenvalue weighted by Gasteiger charge is 2.40. The van der Waals surface area contributed by atoms with Gasteiger partial charge in [0.25, 0.3) is 0 Å². The van der Waals surface area contributed by atoms with E-state index in [1.54, 1.807) is 17.0 Å². The molecule has 0 aromatic heterocycles. The molecule has 128 valence electrons. The summed E-state index contributed by atoms with van der Waals surface area (Å²) in [7, 11) is 0. The zero-order valence-corrected chi connectivity index (χ0v) is 13.6. The Labute approximate surface area is 140 Å². The van der Waals surface area contributed by atoms with Gasteiger partial charge < -0.3 is 10.6 Å². The molecule has 5 nitrogen and oxygen atoms in total. The first-order valence-electron chi connectivity index (χ1n) is 8.75. The van der Waals surface area contributed by atoms with E-state index in [0.717, 1.165) is 12.3 Å². The van der Waals surface area contributed by atoms with Crippen molar-refractivity contribution >= 4 is 23.3 Å². The highest BCUT2D eigenvalue weighted by atomic mass is 19.1. The van der Waals surface area contributed by atoms with Gasteiger partial charge in [0.1, 0.15) is 5.82 Å². The van der Waals surface area contributed by atoms with Gasteiger partial charge in [0.05, 0.1) is 5.69 Å². The average molecular weight is 331 g/mol. The van der Waals surface area contributed by atoms with E-state index >= 15 is 0 Å². The summed E-state index contributed by atoms with van der Waals surface area (Å²) >= 11 is 0. The molecule has 0 radical (unpaired) electrons. The normalized spacial score (nSPS) is 28.3. The van der Waals surface area contributed by atoms with Crippen LogP contribution in [0.1, 0.15) is 32.1 Å². The fourth-order valence-electron chi connectivity index (χ4n) is 4.56. The van der Waals surface area contributed by atoms with Gasteiger partial charge in [0.2, 0.25) is 5.91 Å². The van der Waals surface area contributed by atoms with Crippen molar-refractivity contribution in [1.82, 2.24) is 5.32 Å². The first kappa shape index (κ1) is 15.4. The third kappa shape index (κ3) is 2.85. The van der Waals surface area contributed by atoms with Crippen molar-refractivity contribution in [2.75, 3.05) is 23.3 Å². The number of rotatable bonds is 4. The monoisotopic (exact) mass is 331 g/mol. The molecular formula is C18H22FN3O2. The molecule has 2 aliphatic carbocycles. The number of hydrogen-bond donors (Lipinski definition) is 2. The number of nitrogens with zero attached hydrogens (tertiary/aromatic N) is 1. The summed E-state index contributed by atoms with van der Waals surface area (Å²) in [6.45, 7) is 1.12. The highest BCUT2D eigenvalue weighted by Crippen LogP contribution is 2.49. The predicted octanol–water partition coefficient (Wildman–Crippen LogP) is 3.12. The fraction of sp³-hybridized carbons (Fsp3) is 0.556. The van der Waals surface area contributed by atoms with Crippen molar-refractivity contribution in [3.8, 4) is 0 Å². The molecule has 2 saturated carbocycles. The Morgan fingerprint density at radius 3 is 2.88 bits per heavy atom. The molecule has 0 unspecified atom stereocenters. The molecular weight excluding hydrogens is 309 g/mol. The molecule has 3 aliphatic rings. The molecule has 6 heteroatoms. The number of anilines is 2. The lowest BCUT2D eigenvalue weighted by Gasteiger charge is -2.21. The van der Waals surface area contributed by atoms with Crippen molar-refractivity contribution in [3.05, 3.63) is 24.0 Å². The van der Waals surface area contributed by atoms with E-state index in [-0.39, 0.29) is 17.6 Å². The largest absolute Gasteiger partial charge is 0.336 e. The fourth-order valence-corrected chi connectivity index (χ4v) is 4.56. The summed E-state index contributed by atoms with van der Waals surface area (Å²) in [4.78, 5) is 25.6. The minimum Gasteiger partial charge on any atom is -0.336 e. The summed E-state index contributed by atoms with van der Waals surface area (Å²) in [6.07, 6.45) is 5.39. The van der Waals surface area contributed by atoms with E-state index in [9.17, 15) is 14.0 Å². The zero-order valence-electron chi connectivity index (χ0n) is 13.6. The Morgan fingerprint density at radius 2 is 2.21 bits per heavy atom. The number of benzene rings is 1. The molecule has 3 amide bonds. The van der Waals surface area contributed by atoms with Gasteiger partial charge in [0, 0.05) is 25.2 Å². The Bertz CT molecular complexity index is 678. The predicted molar refractivity (Wildman–Crippen MR) is 89.3 cm³/mol. The van der Waals surface area contributed by atoms with Crippen LogP contribution in [0.15, 0.2) is 18.2 Å². The van der Waals surface area contributed by atoms with Gasteiger partial charge in [-0.25, -0.2) is 9.18 Å². The molecule has 3 atom stereocenters. The maximum absolute atomic E-state index is 14.0. The lowest BCUT2D eigenvalue weighted by molar-refractivity contribution is -0.117. The van der Waals surface area contributed by atoms with E-state index in [0.29, 0.717) is 37.0 Å². The number of carbonyl (C=O) groups excluding carboxylic acids is 2. The molecule has 1 aliphatic heterocycles. The molecule has 1 aromatic rings. The van der Waals surface area contributed by atoms with Crippen LogP contribution in [0, 0.1) is 23.6 Å². The number of hydrogen-bond acceptors (Lipinski definition) is 2. The molecule has 2 bridgehead atoms. The number of urea groups is 1. The maximum atomic E-state index is 14.0. The Kier molecular flexibility index (Phi) is 3.90. The van der Waals surface area contributed by atoms with Crippen LogP contribution in [0.4, 0.5) is 20.6 Å². The quantitative estimate of drug-likeness (QED) is 0.890. The molecule has 1 aromatic carbocycles. The van der Waals surface area contributed by atoms with Crippen LogP contribution >= 0.6 is 0 Å². The van der Waals surface area contributed by atoms with Gasteiger partial charge in [0.15, 0.2) is 0 Å². The Morgan fingerprint density at radius 1 is 1.33 bits per heavy atom. The first-order valence-corrected chi connectivity index (χ1v) is 8.75. The lowest BCUT2D eigenvalue weighted by atomic mass is 9.86. The second kappa shape index (κ2) is 6.07. The number of amides is 3. The van der Waals surface area contributed by atoms with Crippen LogP contribution in [0.3, 0.4) is 0 Å². The smallest absolute Gasteiger partial charge is 0.321 e. The minimum atomic E-state index is -0.473. The van der Waals surface area contributed by atoms with Crippen LogP contribution in [0.25, 0.3) is 0 Å². The van der Waals surface area contributed by atoms with Gasteiger partial charge in [-0.1, -0.05) is 6.42 Å². The van der Waals surface area contributed by atoms with Crippen LogP contribution in [-0.4, -0.2) is 25.0 Å². The third-order valence-electron chi connectivity index (χ3n) is 5.72. The molecule has 1 heterocycles. The van der Waals surface area contributed by atoms with E-state index < -0.39 is 5.82 Å². The SMILES string of the molecule is O=C(C[C@H]1C[C@H]2CC[C@H]1C2)Nc1cc(N2CCNC2=O)ccc1F. The van der Waals surface area contributed by atoms with Crippen molar-refractivity contribution in [2.24, 2.45) is 17.8 Å². The van der Waals surface area contributed by atoms with Gasteiger partial charge >= 0.3 is 6.03 Å². The van der Waals surface area contributed by atoms with Crippen LogP contribution in [-0.2, 0) is 4.79 Å². The molecule has 2 N–H and O–H groups in total. The van der Waals surface area contributed by atoms with Gasteiger partial charge in [-0.3, -0.25) is 9.69 Å². The summed E-state index contributed by atoms with van der Waals surface area (Å²) in [5, 5.41) is 5.42. The van der Waals surface area contributed by atoms with Gasteiger partial charge in [-0.15, -0.1) is 0 Å². The van der Waals surface area contributed by atoms with Crippen molar-refractivity contribution in [1.29, 1.82) is 0 Å². The van der Waals surface area contributed by atoms with E-state index in [4.69, 9.17) is 0 Å². The van der Waals surface area contributed by atoms with E-state index in [2.05, 4.69) is 10.6 Å². The maximum Gasteiger partial charge on any atom is 0.321 e. The van der Waals surface area contributed by atoms with Crippen LogP contribution in [0.5, 0.6) is 0 Å². The summed E-state index contributed by atoms with van der Waals surface area (Å²) in [5.74, 6) is 1.31. The van der Waals surface area contributed by atoms with Crippen LogP contribution < -0.4 is 15.5 Å². The lowest BCUT2D eigenvalue weighted by Crippen LogP contribution is -2.28. The number of halogens is 1. The molecule has 1 saturated heterocycles. The summed E-state index contributed by atoms with van der Waals surface area (Å²) in [5.41, 5.74) is 0.752. The molecule has 3 fully saturated rings. The molecule has 4 rings (SSSR count). The van der Waals surface area contributed by atoms with E-state index in [1.165, 1.54) is 25.3 Å². The second-order valence-electron chi connectivity index (χ2n) is 7.23. The Hall–Kier alpha value is -2.11. The van der Waals surface area contributed by atoms with Crippen molar-refractivity contribution in [2.45, 2.75) is 32.1 Å². The van der Waals surface area contributed by atoms with E-state index in [1.807, 2.05) is 0 Å². The summed E-state index contributed by atoms with van der Waals surface area (Å²) in [6, 6.07) is 4.21. The number of carbonyl (C=O) groups is 2. The van der Waals surface area contributed by atoms with Crippen molar-refractivity contribution < 1.29 is 14.0 Å². The van der Waals surface area contributed by atoms with Gasteiger partial charge in [-0.05, 0) is 55.2 Å². The second-order valence-corrected chi connectivity index (χ2v) is 7.23. The summed E-state index contributed by atoms with van der Waals surface area (Å²) < 4.78 is 14.0. The topological polar surface area (TPSA) is 61.4 Å². The molecule has 24 heavy (non-hydrogen) atoms. The highest BCUT2D eigenvalue weighted by molar-refractivity contribution is 5.96. The minimum absolute atomic E-state index is 0.130. The first-order chi connectivity index (χ1) is 11.6. The van der Waals surface area contributed by atoms with Gasteiger partial charge in [-0.2, -0.15) is 0 Å². The standard InChI is InChI=1S/C18H22FN3O2/c19-15-4-3-14(22-6-5-20-18(22)24)10-16(15)21-17(23)9-13-8-11-1-2-12(13)7-11/h3-4,10-13H,1-2,5-9H2,(H,20,24)(H,21,23)/t11-,12-,13+/m0/s1. The number of fused-ring (bicyclic) bond motifs is 2. The Balaban J connectivity index is 1.43. The number of nitrogens with one attached hydrogen (secondary N) is 2. The van der Waals surface area contributed by atoms with Crippen LogP contribution in [0.2, 0.25) is 0 Å². The third-order valence-corrected chi connectivity index (χ3v) is 5.72.